The van der Waals surface area contributed by atoms with Gasteiger partial charge in [-0.2, -0.15) is 0 Å². The van der Waals surface area contributed by atoms with Crippen molar-refractivity contribution < 1.29 is 5.11 Å². The number of aliphatic hydroxyl groups is 1. The van der Waals surface area contributed by atoms with Crippen LogP contribution in [0.1, 0.15) is 12.5 Å². The van der Waals surface area contributed by atoms with Crippen LogP contribution in [0, 0.1) is 0 Å². The summed E-state index contributed by atoms with van der Waals surface area (Å²) in [4.78, 5) is 0. The van der Waals surface area contributed by atoms with Crippen LogP contribution in [-0.4, -0.2) is 9.30 Å². The van der Waals surface area contributed by atoms with Crippen molar-refractivity contribution in [2.24, 2.45) is 0 Å². The van der Waals surface area contributed by atoms with E-state index in [2.05, 4.69) is 12.1 Å². The van der Waals surface area contributed by atoms with E-state index in [1.54, 1.807) is 13.0 Å². The highest BCUT2D eigenvalue weighted by Crippen LogP contribution is 2.34. The standard InChI is InChI=1S/C13H11ClOS2/c1-9(15)11-7-12(14)17(13(11)16)8-10-5-3-2-4-6-10/h2-7H,8H2,1H3/p+1. The minimum absolute atomic E-state index is 0.246. The van der Waals surface area contributed by atoms with Crippen LogP contribution < -0.4 is 0 Å². The van der Waals surface area contributed by atoms with Gasteiger partial charge in [0.1, 0.15) is 11.5 Å². The molecule has 0 aromatic heterocycles. The molecule has 1 heterocycles. The maximum Gasteiger partial charge on any atom is 0.236 e. The van der Waals surface area contributed by atoms with E-state index in [0.29, 0.717) is 5.57 Å². The van der Waals surface area contributed by atoms with Crippen molar-refractivity contribution in [1.29, 1.82) is 0 Å². The minimum Gasteiger partial charge on any atom is -0.512 e. The van der Waals surface area contributed by atoms with Crippen molar-refractivity contribution in [3.05, 3.63) is 57.7 Å². The largest absolute Gasteiger partial charge is 0.512 e. The fraction of sp³-hybridized carbons (Fsp3) is 0.154. The Kier molecular flexibility index (Phi) is 3.92. The Morgan fingerprint density at radius 3 is 2.53 bits per heavy atom. The van der Waals surface area contributed by atoms with Crippen LogP contribution >= 0.6 is 23.8 Å². The van der Waals surface area contributed by atoms with Crippen LogP contribution in [-0.2, 0) is 16.6 Å². The topological polar surface area (TPSA) is 20.2 Å². The number of hydrogen-bond acceptors (Lipinski definition) is 2. The summed E-state index contributed by atoms with van der Waals surface area (Å²) in [6.45, 7) is 1.64. The maximum absolute atomic E-state index is 9.52. The van der Waals surface area contributed by atoms with Crippen molar-refractivity contribution in [1.82, 2.24) is 0 Å². The molecular formula is C13H12ClOS2+. The van der Waals surface area contributed by atoms with Gasteiger partial charge in [0.15, 0.2) is 0 Å². The second kappa shape index (κ2) is 5.25. The van der Waals surface area contributed by atoms with E-state index in [0.717, 1.165) is 14.3 Å². The van der Waals surface area contributed by atoms with E-state index in [4.69, 9.17) is 23.8 Å². The number of halogens is 1. The second-order valence-corrected chi connectivity index (χ2v) is 6.97. The molecule has 1 N–H and O–H groups in total. The summed E-state index contributed by atoms with van der Waals surface area (Å²) in [5, 5.41) is 9.52. The van der Waals surface area contributed by atoms with Gasteiger partial charge in [0.05, 0.1) is 16.5 Å². The first-order chi connectivity index (χ1) is 8.09. The normalized spacial score (nSPS) is 22.6. The number of aliphatic hydroxyl groups excluding tert-OH is 1. The van der Waals surface area contributed by atoms with Gasteiger partial charge in [-0.15, -0.1) is 0 Å². The Balaban J connectivity index is 2.23. The lowest BCUT2D eigenvalue weighted by molar-refractivity contribution is 0.412. The number of thiocarbonyl (C=S) groups is 1. The van der Waals surface area contributed by atoms with Crippen molar-refractivity contribution in [3.8, 4) is 0 Å². The van der Waals surface area contributed by atoms with E-state index in [-0.39, 0.29) is 16.7 Å². The quantitative estimate of drug-likeness (QED) is 0.382. The molecule has 1 aromatic carbocycles. The smallest absolute Gasteiger partial charge is 0.236 e. The molecule has 0 spiro atoms. The molecule has 0 aliphatic carbocycles. The lowest BCUT2D eigenvalue weighted by atomic mass is 10.2. The summed E-state index contributed by atoms with van der Waals surface area (Å²) in [6, 6.07) is 10.1. The molecule has 4 heteroatoms. The molecule has 0 bridgehead atoms. The zero-order valence-electron chi connectivity index (χ0n) is 9.31. The van der Waals surface area contributed by atoms with Crippen molar-refractivity contribution in [2.45, 2.75) is 12.7 Å². The summed E-state index contributed by atoms with van der Waals surface area (Å²) in [5.74, 6) is 1.06. The monoisotopic (exact) mass is 283 g/mol. The van der Waals surface area contributed by atoms with E-state index >= 15 is 0 Å². The molecule has 1 aromatic rings. The molecule has 0 saturated carbocycles. The third-order valence-corrected chi connectivity index (χ3v) is 5.85. The predicted molar refractivity (Wildman–Crippen MR) is 79.4 cm³/mol. The lowest BCUT2D eigenvalue weighted by Crippen LogP contribution is -2.12. The number of hydrogen-bond donors (Lipinski definition) is 1. The molecular weight excluding hydrogens is 272 g/mol. The van der Waals surface area contributed by atoms with Gasteiger partial charge in [-0.25, -0.2) is 0 Å². The van der Waals surface area contributed by atoms with Crippen molar-refractivity contribution in [3.63, 3.8) is 0 Å². The molecule has 0 fully saturated rings. The van der Waals surface area contributed by atoms with Crippen LogP contribution in [0.5, 0.6) is 0 Å². The van der Waals surface area contributed by atoms with Crippen LogP contribution in [0.25, 0.3) is 0 Å². The fourth-order valence-corrected chi connectivity index (χ4v) is 4.59. The molecule has 0 saturated heterocycles. The molecule has 17 heavy (non-hydrogen) atoms. The summed E-state index contributed by atoms with van der Waals surface area (Å²) in [6.07, 6.45) is 1.78. The molecule has 1 nitrogen and oxygen atoms in total. The molecule has 1 atom stereocenters. The van der Waals surface area contributed by atoms with Gasteiger partial charge in [0, 0.05) is 11.6 Å². The van der Waals surface area contributed by atoms with Gasteiger partial charge in [0.25, 0.3) is 0 Å². The number of allylic oxidation sites excluding steroid dienone is 2. The average molecular weight is 284 g/mol. The second-order valence-electron chi connectivity index (χ2n) is 3.76. The Morgan fingerprint density at radius 1 is 1.35 bits per heavy atom. The summed E-state index contributed by atoms with van der Waals surface area (Å²) in [5.41, 5.74) is 1.92. The van der Waals surface area contributed by atoms with Gasteiger partial charge >= 0.3 is 0 Å². The van der Waals surface area contributed by atoms with E-state index in [9.17, 15) is 5.11 Å². The van der Waals surface area contributed by atoms with E-state index in [1.807, 2.05) is 18.2 Å². The highest BCUT2D eigenvalue weighted by Gasteiger charge is 2.39. The van der Waals surface area contributed by atoms with E-state index < -0.39 is 0 Å². The number of rotatable bonds is 2. The zero-order chi connectivity index (χ0) is 12.4. The van der Waals surface area contributed by atoms with Gasteiger partial charge in [0.2, 0.25) is 8.56 Å². The molecule has 1 unspecified atom stereocenters. The average Bonchev–Trinajstić information content (AvgIpc) is 2.58. The maximum atomic E-state index is 9.52. The van der Waals surface area contributed by atoms with Gasteiger partial charge in [-0.05, 0) is 30.7 Å². The third kappa shape index (κ3) is 2.73. The first-order valence-corrected chi connectivity index (χ1v) is 7.34. The summed E-state index contributed by atoms with van der Waals surface area (Å²) in [7, 11) is -0.278. The lowest BCUT2D eigenvalue weighted by Gasteiger charge is -2.02. The van der Waals surface area contributed by atoms with Crippen LogP contribution in [0.3, 0.4) is 0 Å². The fourth-order valence-electron chi connectivity index (χ4n) is 1.59. The molecule has 0 radical (unpaired) electrons. The molecule has 1 aliphatic heterocycles. The first kappa shape index (κ1) is 12.7. The predicted octanol–water partition coefficient (Wildman–Crippen LogP) is 4.06. The third-order valence-electron chi connectivity index (χ3n) is 2.48. The Labute approximate surface area is 114 Å². The molecule has 0 amide bonds. The first-order valence-electron chi connectivity index (χ1n) is 5.16. The summed E-state index contributed by atoms with van der Waals surface area (Å²) >= 11 is 11.6. The van der Waals surface area contributed by atoms with Crippen LogP contribution in [0.2, 0.25) is 0 Å². The van der Waals surface area contributed by atoms with E-state index in [1.165, 1.54) is 5.56 Å². The van der Waals surface area contributed by atoms with Gasteiger partial charge in [-0.3, -0.25) is 0 Å². The molecule has 1 aliphatic rings. The number of benzene rings is 1. The van der Waals surface area contributed by atoms with Crippen molar-refractivity contribution in [2.75, 3.05) is 0 Å². The SMILES string of the molecule is CC(O)=C1C=C(Cl)[S+](Cc2ccccc2)C1=S. The van der Waals surface area contributed by atoms with Crippen molar-refractivity contribution >= 4 is 38.9 Å². The minimum atomic E-state index is -0.278. The highest BCUT2D eigenvalue weighted by atomic mass is 35.5. The van der Waals surface area contributed by atoms with Gasteiger partial charge < -0.3 is 5.11 Å². The Hall–Kier alpha value is -0.770. The molecule has 2 rings (SSSR count). The molecule has 88 valence electrons. The van der Waals surface area contributed by atoms with Crippen LogP contribution in [0.4, 0.5) is 0 Å². The Morgan fingerprint density at radius 2 is 2.00 bits per heavy atom. The van der Waals surface area contributed by atoms with Crippen LogP contribution in [0.15, 0.2) is 52.1 Å². The summed E-state index contributed by atoms with van der Waals surface area (Å²) < 4.78 is 1.50. The van der Waals surface area contributed by atoms with Gasteiger partial charge in [-0.1, -0.05) is 30.3 Å². The highest BCUT2D eigenvalue weighted by molar-refractivity contribution is 8.24. The zero-order valence-corrected chi connectivity index (χ0v) is 11.7. The Bertz CT molecular complexity index is 501.